The maximum absolute atomic E-state index is 11.3. The molecule has 74 valence electrons. The van der Waals surface area contributed by atoms with E-state index in [9.17, 15) is 9.59 Å². The normalized spacial score (nSPS) is 30.7. The van der Waals surface area contributed by atoms with E-state index in [1.54, 1.807) is 0 Å². The topological polar surface area (TPSA) is 54.4 Å². The molecule has 0 radical (unpaired) electrons. The quantitative estimate of drug-likeness (QED) is 0.676. The van der Waals surface area contributed by atoms with Gasteiger partial charge in [-0.25, -0.2) is 0 Å². The molecule has 0 aromatic heterocycles. The third-order valence-electron chi connectivity index (χ3n) is 2.82. The van der Waals surface area contributed by atoms with Crippen molar-refractivity contribution in [3.05, 3.63) is 0 Å². The number of rotatable bonds is 1. The second-order valence-electron chi connectivity index (χ2n) is 3.87. The second kappa shape index (κ2) is 4.40. The molecule has 13 heavy (non-hydrogen) atoms. The highest BCUT2D eigenvalue weighted by atomic mass is 16.4. The highest BCUT2D eigenvalue weighted by Crippen LogP contribution is 2.23. The van der Waals surface area contributed by atoms with Crippen molar-refractivity contribution >= 4 is 11.8 Å². The van der Waals surface area contributed by atoms with E-state index in [4.69, 9.17) is 5.11 Å². The van der Waals surface area contributed by atoms with Gasteiger partial charge in [-0.2, -0.15) is 0 Å². The Morgan fingerprint density at radius 2 is 2.08 bits per heavy atom. The first-order valence-corrected chi connectivity index (χ1v) is 4.86. The Kier molecular flexibility index (Phi) is 3.46. The van der Waals surface area contributed by atoms with Crippen molar-refractivity contribution in [1.82, 2.24) is 0 Å². The van der Waals surface area contributed by atoms with Gasteiger partial charge in [-0.1, -0.05) is 6.92 Å². The minimum atomic E-state index is -0.707. The number of hydrogen-bond donors (Lipinski definition) is 1. The van der Waals surface area contributed by atoms with Crippen LogP contribution >= 0.6 is 0 Å². The SMILES string of the molecule is CC1CCC(C(=O)O)CCCC1=O. The fourth-order valence-corrected chi connectivity index (χ4v) is 1.77. The molecule has 0 bridgehead atoms. The number of carbonyl (C=O) groups is 2. The first-order chi connectivity index (χ1) is 6.11. The zero-order valence-electron chi connectivity index (χ0n) is 7.95. The molecule has 1 aliphatic rings. The lowest BCUT2D eigenvalue weighted by Gasteiger charge is -2.18. The van der Waals surface area contributed by atoms with E-state index in [-0.39, 0.29) is 11.8 Å². The first-order valence-electron chi connectivity index (χ1n) is 4.86. The fourth-order valence-electron chi connectivity index (χ4n) is 1.77. The number of carboxylic acids is 1. The van der Waals surface area contributed by atoms with Crippen molar-refractivity contribution < 1.29 is 14.7 Å². The Bertz CT molecular complexity index is 210. The molecular formula is C10H16O3. The number of ketones is 1. The Labute approximate surface area is 78.1 Å². The van der Waals surface area contributed by atoms with Gasteiger partial charge in [-0.15, -0.1) is 0 Å². The van der Waals surface area contributed by atoms with Crippen LogP contribution in [0.5, 0.6) is 0 Å². The third kappa shape index (κ3) is 2.83. The Morgan fingerprint density at radius 1 is 1.38 bits per heavy atom. The Morgan fingerprint density at radius 3 is 2.69 bits per heavy atom. The molecule has 3 nitrogen and oxygen atoms in total. The summed E-state index contributed by atoms with van der Waals surface area (Å²) in [5, 5.41) is 8.82. The number of carbonyl (C=O) groups excluding carboxylic acids is 1. The van der Waals surface area contributed by atoms with Crippen LogP contribution in [0.15, 0.2) is 0 Å². The maximum atomic E-state index is 11.3. The van der Waals surface area contributed by atoms with Crippen LogP contribution in [0.4, 0.5) is 0 Å². The highest BCUT2D eigenvalue weighted by molar-refractivity contribution is 5.81. The smallest absolute Gasteiger partial charge is 0.306 e. The van der Waals surface area contributed by atoms with Gasteiger partial charge >= 0.3 is 5.97 Å². The van der Waals surface area contributed by atoms with E-state index >= 15 is 0 Å². The van der Waals surface area contributed by atoms with Crippen molar-refractivity contribution in [2.75, 3.05) is 0 Å². The van der Waals surface area contributed by atoms with Crippen LogP contribution in [0.25, 0.3) is 0 Å². The van der Waals surface area contributed by atoms with Crippen LogP contribution in [0, 0.1) is 11.8 Å². The number of aliphatic carboxylic acids is 1. The average Bonchev–Trinajstić information content (AvgIpc) is 2.06. The van der Waals surface area contributed by atoms with Crippen LogP contribution in [0.3, 0.4) is 0 Å². The summed E-state index contributed by atoms with van der Waals surface area (Å²) in [6.45, 7) is 1.90. The molecule has 1 N–H and O–H groups in total. The summed E-state index contributed by atoms with van der Waals surface area (Å²) in [6.07, 6.45) is 3.34. The summed E-state index contributed by atoms with van der Waals surface area (Å²) in [5.41, 5.74) is 0. The van der Waals surface area contributed by atoms with E-state index in [1.807, 2.05) is 6.92 Å². The molecule has 3 heteroatoms. The van der Waals surface area contributed by atoms with Gasteiger partial charge < -0.3 is 5.11 Å². The molecule has 0 aromatic rings. The summed E-state index contributed by atoms with van der Waals surface area (Å²) in [7, 11) is 0. The first kappa shape index (κ1) is 10.2. The Hall–Kier alpha value is -0.860. The molecule has 0 aromatic carbocycles. The van der Waals surface area contributed by atoms with E-state index in [0.717, 1.165) is 12.8 Å². The lowest BCUT2D eigenvalue weighted by molar-refractivity contribution is -0.143. The monoisotopic (exact) mass is 184 g/mol. The predicted molar refractivity (Wildman–Crippen MR) is 48.4 cm³/mol. The summed E-state index contributed by atoms with van der Waals surface area (Å²) in [5.74, 6) is -0.580. The van der Waals surface area contributed by atoms with Crippen molar-refractivity contribution in [2.24, 2.45) is 11.8 Å². The molecule has 0 saturated heterocycles. The predicted octanol–water partition coefficient (Wildman–Crippen LogP) is 1.86. The summed E-state index contributed by atoms with van der Waals surface area (Å²) in [4.78, 5) is 22.0. The van der Waals surface area contributed by atoms with Gasteiger partial charge in [0.2, 0.25) is 0 Å². The van der Waals surface area contributed by atoms with Crippen LogP contribution in [-0.2, 0) is 9.59 Å². The number of carboxylic acid groups (broad SMARTS) is 1. The molecule has 0 amide bonds. The largest absolute Gasteiger partial charge is 0.481 e. The molecule has 1 saturated carbocycles. The third-order valence-corrected chi connectivity index (χ3v) is 2.82. The van der Waals surface area contributed by atoms with E-state index < -0.39 is 5.97 Å². The number of hydrogen-bond acceptors (Lipinski definition) is 2. The molecule has 2 atom stereocenters. The summed E-state index contributed by atoms with van der Waals surface area (Å²) < 4.78 is 0. The van der Waals surface area contributed by atoms with Crippen LogP contribution in [0.1, 0.15) is 39.0 Å². The van der Waals surface area contributed by atoms with Gasteiger partial charge in [0.25, 0.3) is 0 Å². The highest BCUT2D eigenvalue weighted by Gasteiger charge is 2.23. The van der Waals surface area contributed by atoms with Gasteiger partial charge in [-0.05, 0) is 25.7 Å². The lowest BCUT2D eigenvalue weighted by atomic mass is 9.86. The summed E-state index contributed by atoms with van der Waals surface area (Å²) >= 11 is 0. The minimum Gasteiger partial charge on any atom is -0.481 e. The maximum Gasteiger partial charge on any atom is 0.306 e. The van der Waals surface area contributed by atoms with Crippen LogP contribution in [-0.4, -0.2) is 16.9 Å². The van der Waals surface area contributed by atoms with Gasteiger partial charge in [-0.3, -0.25) is 9.59 Å². The van der Waals surface area contributed by atoms with Gasteiger partial charge in [0.1, 0.15) is 5.78 Å². The standard InChI is InChI=1S/C10H16O3/c1-7-5-6-8(10(12)13)3-2-4-9(7)11/h7-8H,2-6H2,1H3,(H,12,13). The molecule has 1 rings (SSSR count). The van der Waals surface area contributed by atoms with Gasteiger partial charge in [0, 0.05) is 12.3 Å². The zero-order chi connectivity index (χ0) is 9.84. The molecule has 0 spiro atoms. The van der Waals surface area contributed by atoms with Crippen molar-refractivity contribution in [1.29, 1.82) is 0 Å². The molecule has 1 fully saturated rings. The van der Waals surface area contributed by atoms with Crippen molar-refractivity contribution in [3.63, 3.8) is 0 Å². The van der Waals surface area contributed by atoms with E-state index in [1.165, 1.54) is 0 Å². The van der Waals surface area contributed by atoms with Crippen molar-refractivity contribution in [3.8, 4) is 0 Å². The van der Waals surface area contributed by atoms with E-state index in [0.29, 0.717) is 25.0 Å². The van der Waals surface area contributed by atoms with Gasteiger partial charge in [0.05, 0.1) is 5.92 Å². The van der Waals surface area contributed by atoms with Crippen LogP contribution < -0.4 is 0 Å². The molecule has 0 heterocycles. The van der Waals surface area contributed by atoms with Crippen molar-refractivity contribution in [2.45, 2.75) is 39.0 Å². The zero-order valence-corrected chi connectivity index (χ0v) is 7.95. The Balaban J connectivity index is 2.51. The number of Topliss-reactive ketones (excluding diaryl/α,β-unsaturated/α-hetero) is 1. The molecule has 0 aliphatic heterocycles. The average molecular weight is 184 g/mol. The molecule has 1 aliphatic carbocycles. The summed E-state index contributed by atoms with van der Waals surface area (Å²) in [6, 6.07) is 0. The lowest BCUT2D eigenvalue weighted by Crippen LogP contribution is -2.21. The van der Waals surface area contributed by atoms with Crippen LogP contribution in [0.2, 0.25) is 0 Å². The second-order valence-corrected chi connectivity index (χ2v) is 3.87. The fraction of sp³-hybridized carbons (Fsp3) is 0.800. The van der Waals surface area contributed by atoms with E-state index in [2.05, 4.69) is 0 Å². The van der Waals surface area contributed by atoms with Gasteiger partial charge in [0.15, 0.2) is 0 Å². The molecule has 2 unspecified atom stereocenters. The minimum absolute atomic E-state index is 0.0575. The molecular weight excluding hydrogens is 168 g/mol.